The van der Waals surface area contributed by atoms with E-state index in [4.69, 9.17) is 34.6 Å². The number of aryl methyl sites for hydroxylation is 1. The van der Waals surface area contributed by atoms with Crippen LogP contribution in [-0.2, 0) is 20.9 Å². The van der Waals surface area contributed by atoms with Gasteiger partial charge in [0.1, 0.15) is 41.6 Å². The second-order valence-corrected chi connectivity index (χ2v) is 13.5. The van der Waals surface area contributed by atoms with E-state index in [1.807, 2.05) is 12.1 Å². The zero-order valence-corrected chi connectivity index (χ0v) is 28.2. The second kappa shape index (κ2) is 17.5. The minimum atomic E-state index is -1.53. The van der Waals surface area contributed by atoms with Crippen LogP contribution in [0.1, 0.15) is 57.0 Å². The van der Waals surface area contributed by atoms with Gasteiger partial charge in [0.2, 0.25) is 5.91 Å². The molecule has 14 nitrogen and oxygen atoms in total. The van der Waals surface area contributed by atoms with Crippen molar-refractivity contribution in [3.63, 3.8) is 0 Å². The third kappa shape index (κ3) is 9.86. The lowest BCUT2D eigenvalue weighted by Gasteiger charge is -2.44. The van der Waals surface area contributed by atoms with Crippen molar-refractivity contribution in [1.29, 1.82) is 0 Å². The Kier molecular flexibility index (Phi) is 13.8. The summed E-state index contributed by atoms with van der Waals surface area (Å²) in [5, 5.41) is 33.7. The lowest BCUT2D eigenvalue weighted by molar-refractivity contribution is -0.205. The first-order valence-electron chi connectivity index (χ1n) is 15.7. The van der Waals surface area contributed by atoms with Crippen molar-refractivity contribution in [3.05, 3.63) is 46.7 Å². The number of halogens is 1. The van der Waals surface area contributed by atoms with E-state index in [9.17, 15) is 29.7 Å². The molecule has 4 rings (SSSR count). The molecule has 2 amide bonds. The highest BCUT2D eigenvalue weighted by Gasteiger charge is 2.48. The topological polar surface area (TPSA) is 194 Å². The van der Waals surface area contributed by atoms with Gasteiger partial charge in [-0.05, 0) is 70.3 Å². The molecule has 0 spiro atoms. The molecule has 4 N–H and O–H groups in total. The smallest absolute Gasteiger partial charge is 0.492 e. The number of carbonyl (C=O) groups excluding carboxylic acids is 2. The Labute approximate surface area is 282 Å². The molecule has 0 radical (unpaired) electrons. The van der Waals surface area contributed by atoms with Gasteiger partial charge in [0.05, 0.1) is 24.2 Å². The van der Waals surface area contributed by atoms with E-state index in [-0.39, 0.29) is 30.6 Å². The maximum atomic E-state index is 13.9. The number of likely N-dealkylation sites (tertiary alicyclic amines) is 1. The Hall–Kier alpha value is -2.82. The quantitative estimate of drug-likeness (QED) is 0.176. The van der Waals surface area contributed by atoms with E-state index < -0.39 is 65.1 Å². The number of aliphatic hydroxyl groups is 3. The van der Waals surface area contributed by atoms with Crippen LogP contribution < -0.4 is 15.9 Å². The van der Waals surface area contributed by atoms with Crippen LogP contribution in [0.25, 0.3) is 0 Å². The molecule has 9 atom stereocenters. The summed E-state index contributed by atoms with van der Waals surface area (Å²) in [5.41, 5.74) is -0.862. The fourth-order valence-electron chi connectivity index (χ4n) is 5.91. The third-order valence-electron chi connectivity index (χ3n) is 8.61. The predicted octanol–water partition coefficient (Wildman–Crippen LogP) is 2.58. The first-order valence-corrected chi connectivity index (χ1v) is 17.4. The number of nitrogens with one attached hydrogen (secondary N) is 1. The van der Waals surface area contributed by atoms with Crippen molar-refractivity contribution >= 4 is 35.4 Å². The molecule has 0 saturated carbocycles. The lowest BCUT2D eigenvalue weighted by Crippen LogP contribution is -2.65. The maximum absolute atomic E-state index is 13.9. The van der Waals surface area contributed by atoms with Gasteiger partial charge in [-0.1, -0.05) is 6.42 Å². The first kappa shape index (κ1) is 37.0. The summed E-state index contributed by atoms with van der Waals surface area (Å²) in [4.78, 5) is 44.2. The molecule has 2 aliphatic heterocycles. The molecule has 4 heterocycles. The van der Waals surface area contributed by atoms with E-state index >= 15 is 0 Å². The number of carbonyl (C=O) groups is 2. The molecule has 2 aliphatic rings. The van der Waals surface area contributed by atoms with Gasteiger partial charge in [-0.2, -0.15) is 0 Å². The van der Waals surface area contributed by atoms with Crippen LogP contribution in [0.5, 0.6) is 5.75 Å². The maximum Gasteiger partial charge on any atom is 0.519 e. The number of aliphatic hydroxyl groups excluding tert-OH is 3. The number of amides is 2. The number of alkyl halides is 1. The van der Waals surface area contributed by atoms with Gasteiger partial charge < -0.3 is 43.7 Å². The predicted molar refractivity (Wildman–Crippen MR) is 171 cm³/mol. The van der Waals surface area contributed by atoms with Gasteiger partial charge in [0.25, 0.3) is 0 Å². The lowest BCUT2D eigenvalue weighted by atomic mass is 9.92. The van der Waals surface area contributed by atoms with Crippen molar-refractivity contribution < 1.29 is 48.0 Å². The molecule has 47 heavy (non-hydrogen) atoms. The van der Waals surface area contributed by atoms with Crippen molar-refractivity contribution in [2.45, 2.75) is 106 Å². The van der Waals surface area contributed by atoms with Crippen molar-refractivity contribution in [3.8, 4) is 5.75 Å². The molecule has 16 heteroatoms. The highest BCUT2D eigenvalue weighted by atomic mass is 35.5. The van der Waals surface area contributed by atoms with Crippen LogP contribution >= 0.6 is 23.4 Å². The fraction of sp³-hybridized carbons (Fsp3) is 0.677. The number of hydrogen-bond donors (Lipinski definition) is 4. The van der Waals surface area contributed by atoms with Gasteiger partial charge >= 0.3 is 11.9 Å². The molecule has 0 aromatic carbocycles. The van der Waals surface area contributed by atoms with Crippen LogP contribution in [0.3, 0.4) is 0 Å². The Morgan fingerprint density at radius 3 is 2.62 bits per heavy atom. The average molecular weight is 702 g/mol. The van der Waals surface area contributed by atoms with Crippen LogP contribution in [-0.4, -0.2) is 104 Å². The van der Waals surface area contributed by atoms with Gasteiger partial charge in [0, 0.05) is 12.7 Å². The monoisotopic (exact) mass is 701 g/mol. The number of rotatable bonds is 13. The summed E-state index contributed by atoms with van der Waals surface area (Å²) in [6, 6.07) is 1.73. The van der Waals surface area contributed by atoms with Gasteiger partial charge in [-0.15, -0.1) is 23.4 Å². The molecule has 2 fully saturated rings. The molecule has 0 aliphatic carbocycles. The van der Waals surface area contributed by atoms with E-state index in [0.717, 1.165) is 31.0 Å². The van der Waals surface area contributed by atoms with Crippen molar-refractivity contribution in [1.82, 2.24) is 15.2 Å². The zero-order chi connectivity index (χ0) is 34.1. The van der Waals surface area contributed by atoms with Crippen LogP contribution in [0.15, 0.2) is 38.2 Å². The SMILES string of the molecule is CS[C@H]1O[C@H]([C@H](NC(=O)[C@@H]2CC[C@H](CCCCOc3cccnc3)CCN2C(=O)OCc2oc(=O)oc2C)[C@H](C)Cl)[C@H](O)[C@H](O)[C@H]1O. The third-order valence-corrected chi connectivity index (χ3v) is 9.73. The standard InChI is InChI=1S/C31H44ClN3O11S/c1-17(32)23(27-25(37)24(36)26(38)29(46-27)47-3)34-28(39)21-10-9-19(7-4-5-14-42-20-8-6-12-33-15-20)11-13-35(21)30(40)43-16-22-18(2)44-31(41)45-22/h6,8,12,15,17,19,21,23-27,29,36-38H,4-5,7,9-11,13-14,16H2,1-3H3,(H,34,39)/t17-,19-,21-,23+,24-,25+,26+,27+,29+/m0/s1. The summed E-state index contributed by atoms with van der Waals surface area (Å²) in [7, 11) is 0. The summed E-state index contributed by atoms with van der Waals surface area (Å²) < 4.78 is 26.9. The largest absolute Gasteiger partial charge is 0.519 e. The number of nitrogens with zero attached hydrogens (tertiary/aromatic N) is 2. The molecular weight excluding hydrogens is 658 g/mol. The van der Waals surface area contributed by atoms with Crippen LogP contribution in [0.4, 0.5) is 4.79 Å². The minimum absolute atomic E-state index is 0.0640. The molecule has 0 unspecified atom stereocenters. The van der Waals surface area contributed by atoms with Gasteiger partial charge in [-0.25, -0.2) is 9.59 Å². The summed E-state index contributed by atoms with van der Waals surface area (Å²) in [6.45, 7) is 3.53. The molecule has 2 aromatic heterocycles. The number of hydrogen-bond acceptors (Lipinski definition) is 13. The summed E-state index contributed by atoms with van der Waals surface area (Å²) in [5.74, 6) is -0.270. The Morgan fingerprint density at radius 2 is 1.96 bits per heavy atom. The van der Waals surface area contributed by atoms with Crippen LogP contribution in [0.2, 0.25) is 0 Å². The average Bonchev–Trinajstić information content (AvgIpc) is 3.23. The normalized spacial score (nSPS) is 27.8. The van der Waals surface area contributed by atoms with Crippen molar-refractivity contribution in [2.75, 3.05) is 19.4 Å². The number of ether oxygens (including phenoxy) is 3. The van der Waals surface area contributed by atoms with Gasteiger partial charge in [-0.3, -0.25) is 14.7 Å². The number of unbranched alkanes of at least 4 members (excludes halogenated alkanes) is 1. The van der Waals surface area contributed by atoms with Gasteiger partial charge in [0.15, 0.2) is 18.1 Å². The van der Waals surface area contributed by atoms with E-state index in [1.54, 1.807) is 25.6 Å². The highest BCUT2D eigenvalue weighted by Crippen LogP contribution is 2.31. The van der Waals surface area contributed by atoms with E-state index in [2.05, 4.69) is 10.3 Å². The van der Waals surface area contributed by atoms with Crippen molar-refractivity contribution in [2.24, 2.45) is 5.92 Å². The summed E-state index contributed by atoms with van der Waals surface area (Å²) in [6.07, 6.45) is 2.91. The van der Waals surface area contributed by atoms with E-state index in [0.29, 0.717) is 31.6 Å². The number of pyridine rings is 1. The summed E-state index contributed by atoms with van der Waals surface area (Å²) >= 11 is 7.64. The zero-order valence-electron chi connectivity index (χ0n) is 26.7. The fourth-order valence-corrected chi connectivity index (χ4v) is 6.79. The highest BCUT2D eigenvalue weighted by molar-refractivity contribution is 7.99. The molecule has 2 saturated heterocycles. The Balaban J connectivity index is 1.44. The second-order valence-electron chi connectivity index (χ2n) is 11.9. The van der Waals surface area contributed by atoms with Crippen LogP contribution in [0, 0.1) is 12.8 Å². The molecule has 2 aromatic rings. The molecule has 0 bridgehead atoms. The number of thioether (sulfide) groups is 1. The Bertz CT molecular complexity index is 1340. The Morgan fingerprint density at radius 1 is 1.17 bits per heavy atom. The van der Waals surface area contributed by atoms with E-state index in [1.165, 1.54) is 11.8 Å². The number of aromatic nitrogens is 1. The molecular formula is C31H44ClN3O11S. The molecule has 262 valence electrons. The minimum Gasteiger partial charge on any atom is -0.492 e. The first-order chi connectivity index (χ1) is 22.5.